The van der Waals surface area contributed by atoms with Crippen molar-refractivity contribution in [3.8, 4) is 5.75 Å². The van der Waals surface area contributed by atoms with Gasteiger partial charge in [-0.3, -0.25) is 9.59 Å². The van der Waals surface area contributed by atoms with Crippen LogP contribution >= 0.6 is 0 Å². The van der Waals surface area contributed by atoms with Crippen molar-refractivity contribution in [2.24, 2.45) is 5.92 Å². The lowest BCUT2D eigenvalue weighted by Crippen LogP contribution is -2.47. The van der Waals surface area contributed by atoms with Crippen LogP contribution in [0.3, 0.4) is 0 Å². The van der Waals surface area contributed by atoms with Crippen LogP contribution in [-0.4, -0.2) is 62.1 Å². The van der Waals surface area contributed by atoms with E-state index in [9.17, 15) is 14.7 Å². The maximum atomic E-state index is 12.3. The van der Waals surface area contributed by atoms with Gasteiger partial charge in [-0.05, 0) is 43.4 Å². The molecule has 8 nitrogen and oxygen atoms in total. The molecule has 0 bridgehead atoms. The monoisotopic (exact) mass is 404 g/mol. The van der Waals surface area contributed by atoms with Gasteiger partial charge in [-0.2, -0.15) is 0 Å². The molecule has 0 aromatic heterocycles. The Morgan fingerprint density at radius 1 is 1.28 bits per heavy atom. The summed E-state index contributed by atoms with van der Waals surface area (Å²) in [7, 11) is 1.47. The Balaban J connectivity index is 1.44. The molecule has 3 aliphatic rings. The first-order valence-corrected chi connectivity index (χ1v) is 10.2. The highest BCUT2D eigenvalue weighted by Gasteiger charge is 2.46. The number of carbonyl (C=O) groups is 2. The van der Waals surface area contributed by atoms with E-state index in [0.717, 1.165) is 17.9 Å². The molecular weight excluding hydrogens is 376 g/mol. The highest BCUT2D eigenvalue weighted by molar-refractivity contribution is 5.91. The number of anilines is 1. The summed E-state index contributed by atoms with van der Waals surface area (Å²) in [6.07, 6.45) is 2.20. The number of carbonyl (C=O) groups excluding carboxylic acids is 2. The zero-order valence-electron chi connectivity index (χ0n) is 16.6. The first-order chi connectivity index (χ1) is 14.1. The van der Waals surface area contributed by atoms with E-state index in [2.05, 4.69) is 10.6 Å². The summed E-state index contributed by atoms with van der Waals surface area (Å²) in [4.78, 5) is 24.1. The fourth-order valence-electron chi connectivity index (χ4n) is 4.15. The van der Waals surface area contributed by atoms with Gasteiger partial charge in [0.05, 0.1) is 19.1 Å². The number of aliphatic hydroxyl groups is 1. The fourth-order valence-corrected chi connectivity index (χ4v) is 4.15. The summed E-state index contributed by atoms with van der Waals surface area (Å²) in [5.74, 6) is 1.11. The molecule has 2 fully saturated rings. The van der Waals surface area contributed by atoms with Crippen LogP contribution in [0.1, 0.15) is 37.2 Å². The van der Waals surface area contributed by atoms with Gasteiger partial charge in [0, 0.05) is 30.8 Å². The van der Waals surface area contributed by atoms with Crippen molar-refractivity contribution in [1.82, 2.24) is 5.32 Å². The largest absolute Gasteiger partial charge is 0.487 e. The lowest BCUT2D eigenvalue weighted by molar-refractivity contribution is -0.142. The van der Waals surface area contributed by atoms with E-state index >= 15 is 0 Å². The van der Waals surface area contributed by atoms with Crippen molar-refractivity contribution in [3.05, 3.63) is 23.8 Å². The minimum atomic E-state index is -0.492. The van der Waals surface area contributed by atoms with Crippen LogP contribution in [0.5, 0.6) is 5.75 Å². The molecule has 0 radical (unpaired) electrons. The maximum absolute atomic E-state index is 12.3. The predicted octanol–water partition coefficient (Wildman–Crippen LogP) is 1.18. The third kappa shape index (κ3) is 4.71. The van der Waals surface area contributed by atoms with E-state index in [4.69, 9.17) is 14.2 Å². The molecule has 8 heteroatoms. The maximum Gasteiger partial charge on any atom is 0.250 e. The molecule has 1 aromatic carbocycles. The molecule has 4 atom stereocenters. The lowest BCUT2D eigenvalue weighted by atomic mass is 9.84. The van der Waals surface area contributed by atoms with Crippen molar-refractivity contribution >= 4 is 17.5 Å². The second kappa shape index (κ2) is 8.69. The molecule has 2 amide bonds. The second-order valence-corrected chi connectivity index (χ2v) is 8.09. The Bertz CT molecular complexity index is 766. The molecule has 1 saturated carbocycles. The zero-order chi connectivity index (χ0) is 20.4. The van der Waals surface area contributed by atoms with Crippen molar-refractivity contribution in [2.75, 3.05) is 32.2 Å². The van der Waals surface area contributed by atoms with Crippen LogP contribution < -0.4 is 15.4 Å². The van der Waals surface area contributed by atoms with E-state index in [1.165, 1.54) is 20.0 Å². The van der Waals surface area contributed by atoms with Gasteiger partial charge in [-0.15, -0.1) is 0 Å². The molecule has 0 unspecified atom stereocenters. The van der Waals surface area contributed by atoms with Gasteiger partial charge in [-0.1, -0.05) is 0 Å². The average Bonchev–Trinajstić information content (AvgIpc) is 3.46. The van der Waals surface area contributed by atoms with Gasteiger partial charge in [0.25, 0.3) is 0 Å². The molecular formula is C21H28N2O6. The molecule has 1 saturated heterocycles. The zero-order valence-corrected chi connectivity index (χ0v) is 16.6. The van der Waals surface area contributed by atoms with Gasteiger partial charge in [0.1, 0.15) is 24.6 Å². The van der Waals surface area contributed by atoms with Crippen molar-refractivity contribution in [3.63, 3.8) is 0 Å². The summed E-state index contributed by atoms with van der Waals surface area (Å²) in [5, 5.41) is 15.6. The molecule has 0 spiro atoms. The van der Waals surface area contributed by atoms with E-state index in [1.807, 2.05) is 12.1 Å². The third-order valence-electron chi connectivity index (χ3n) is 5.76. The van der Waals surface area contributed by atoms with Crippen molar-refractivity contribution < 1.29 is 28.9 Å². The van der Waals surface area contributed by atoms with E-state index in [-0.39, 0.29) is 49.6 Å². The quantitative estimate of drug-likeness (QED) is 0.601. The summed E-state index contributed by atoms with van der Waals surface area (Å²) < 4.78 is 16.9. The molecule has 1 aromatic rings. The Kier molecular flexibility index (Phi) is 6.03. The van der Waals surface area contributed by atoms with Crippen LogP contribution in [0.4, 0.5) is 5.69 Å². The number of nitrogens with one attached hydrogen (secondary N) is 2. The summed E-state index contributed by atoms with van der Waals surface area (Å²) in [5.41, 5.74) is 1.64. The first-order valence-electron chi connectivity index (χ1n) is 10.2. The third-order valence-corrected chi connectivity index (χ3v) is 5.76. The molecule has 4 rings (SSSR count). The lowest BCUT2D eigenvalue weighted by Gasteiger charge is -2.37. The summed E-state index contributed by atoms with van der Waals surface area (Å²) in [6.45, 7) is 0.544. The SMILES string of the molecule is COCC(=O)Nc1ccc2c(c1)[C@@H]1C[C@@H](CC(=O)NCC3CC3)O[C@H](CO)[C@@H]1O2. The van der Waals surface area contributed by atoms with Gasteiger partial charge in [0.2, 0.25) is 11.8 Å². The number of hydrogen-bond acceptors (Lipinski definition) is 6. The number of amides is 2. The summed E-state index contributed by atoms with van der Waals surface area (Å²) in [6, 6.07) is 5.50. The number of fused-ring (bicyclic) bond motifs is 3. The predicted molar refractivity (Wildman–Crippen MR) is 105 cm³/mol. The molecule has 2 aliphatic heterocycles. The number of hydrogen-bond donors (Lipinski definition) is 3. The molecule has 29 heavy (non-hydrogen) atoms. The Hall–Kier alpha value is -2.16. The highest BCUT2D eigenvalue weighted by Crippen LogP contribution is 2.47. The van der Waals surface area contributed by atoms with Crippen LogP contribution in [0.15, 0.2) is 18.2 Å². The first kappa shape index (κ1) is 20.1. The van der Waals surface area contributed by atoms with Crippen LogP contribution in [0, 0.1) is 5.92 Å². The minimum Gasteiger partial charge on any atom is -0.487 e. The van der Waals surface area contributed by atoms with Gasteiger partial charge in [-0.25, -0.2) is 0 Å². The molecule has 3 N–H and O–H groups in total. The van der Waals surface area contributed by atoms with Gasteiger partial charge >= 0.3 is 0 Å². The number of methoxy groups -OCH3 is 1. The molecule has 1 aliphatic carbocycles. The molecule has 158 valence electrons. The van der Waals surface area contributed by atoms with E-state index in [0.29, 0.717) is 18.0 Å². The Labute approximate surface area is 169 Å². The van der Waals surface area contributed by atoms with Crippen molar-refractivity contribution in [1.29, 1.82) is 0 Å². The smallest absolute Gasteiger partial charge is 0.250 e. The van der Waals surface area contributed by atoms with E-state index in [1.54, 1.807) is 6.07 Å². The summed E-state index contributed by atoms with van der Waals surface area (Å²) >= 11 is 0. The van der Waals surface area contributed by atoms with E-state index < -0.39 is 6.10 Å². The number of aliphatic hydroxyl groups excluding tert-OH is 1. The topological polar surface area (TPSA) is 106 Å². The molecule has 2 heterocycles. The van der Waals surface area contributed by atoms with Crippen LogP contribution in [-0.2, 0) is 19.1 Å². The van der Waals surface area contributed by atoms with Gasteiger partial charge in [0.15, 0.2) is 0 Å². The fraction of sp³-hybridized carbons (Fsp3) is 0.619. The standard InChI is InChI=1S/C21H28N2O6/c1-27-11-20(26)23-13-4-5-17-15(6-13)16-7-14(28-18(10-24)21(16)29-17)8-19(25)22-9-12-2-3-12/h4-6,12,14,16,18,21,24H,2-3,7-11H2,1H3,(H,22,25)(H,23,26)/t14-,16-,18+,21+/m0/s1. The Morgan fingerprint density at radius 3 is 2.83 bits per heavy atom. The van der Waals surface area contributed by atoms with Crippen LogP contribution in [0.2, 0.25) is 0 Å². The normalized spacial score (nSPS) is 27.5. The number of ether oxygens (including phenoxy) is 3. The Morgan fingerprint density at radius 2 is 2.10 bits per heavy atom. The number of rotatable bonds is 8. The highest BCUT2D eigenvalue weighted by atomic mass is 16.6. The van der Waals surface area contributed by atoms with Crippen molar-refractivity contribution in [2.45, 2.75) is 49.9 Å². The average molecular weight is 404 g/mol. The van der Waals surface area contributed by atoms with Crippen LogP contribution in [0.25, 0.3) is 0 Å². The number of benzene rings is 1. The second-order valence-electron chi connectivity index (χ2n) is 8.09. The van der Waals surface area contributed by atoms with Gasteiger partial charge < -0.3 is 30.0 Å². The minimum absolute atomic E-state index is 0.00332.